The van der Waals surface area contributed by atoms with Gasteiger partial charge in [-0.1, -0.05) is 103 Å². The molecule has 0 aromatic heterocycles. The van der Waals surface area contributed by atoms with Crippen molar-refractivity contribution in [3.05, 3.63) is 12.7 Å². The van der Waals surface area contributed by atoms with E-state index in [1.807, 2.05) is 6.08 Å². The zero-order valence-electron chi connectivity index (χ0n) is 15.6. The fourth-order valence-corrected chi connectivity index (χ4v) is 2.83. The van der Waals surface area contributed by atoms with Gasteiger partial charge in [0, 0.05) is 6.61 Å². The average Bonchev–Trinajstić information content (AvgIpc) is 2.54. The predicted octanol–water partition coefficient (Wildman–Crippen LogP) is 7.45. The predicted molar refractivity (Wildman–Crippen MR) is 101 cm³/mol. The minimum atomic E-state index is 0.287. The number of hydrogen-bond donors (Lipinski definition) is 0. The summed E-state index contributed by atoms with van der Waals surface area (Å²) in [6, 6.07) is 0. The van der Waals surface area contributed by atoms with Crippen LogP contribution in [0.1, 0.15) is 110 Å². The smallest absolute Gasteiger partial charge is 0.0753 e. The van der Waals surface area contributed by atoms with Crippen molar-refractivity contribution < 1.29 is 4.74 Å². The number of hydrogen-bond acceptors (Lipinski definition) is 1. The molecule has 1 atom stereocenters. The van der Waals surface area contributed by atoms with Crippen LogP contribution < -0.4 is 0 Å². The second kappa shape index (κ2) is 18.7. The van der Waals surface area contributed by atoms with Crippen molar-refractivity contribution >= 4 is 0 Å². The molecule has 0 aromatic carbocycles. The summed E-state index contributed by atoms with van der Waals surface area (Å²) in [5, 5.41) is 0. The van der Waals surface area contributed by atoms with Gasteiger partial charge in [0.05, 0.1) is 6.10 Å². The fourth-order valence-electron chi connectivity index (χ4n) is 2.83. The zero-order chi connectivity index (χ0) is 16.3. The van der Waals surface area contributed by atoms with Gasteiger partial charge in [0.15, 0.2) is 0 Å². The van der Waals surface area contributed by atoms with Crippen molar-refractivity contribution in [2.24, 2.45) is 0 Å². The van der Waals surface area contributed by atoms with Crippen molar-refractivity contribution in [2.45, 2.75) is 116 Å². The third kappa shape index (κ3) is 16.1. The highest BCUT2D eigenvalue weighted by atomic mass is 16.5. The highest BCUT2D eigenvalue weighted by Gasteiger charge is 2.03. The third-order valence-electron chi connectivity index (χ3n) is 4.43. The minimum Gasteiger partial charge on any atom is -0.374 e. The van der Waals surface area contributed by atoms with E-state index in [1.54, 1.807) is 0 Å². The summed E-state index contributed by atoms with van der Waals surface area (Å²) in [7, 11) is 0. The first kappa shape index (κ1) is 21.7. The molecule has 0 saturated carbocycles. The van der Waals surface area contributed by atoms with Gasteiger partial charge in [-0.3, -0.25) is 0 Å². The third-order valence-corrected chi connectivity index (χ3v) is 4.43. The number of rotatable bonds is 18. The molecule has 22 heavy (non-hydrogen) atoms. The molecule has 0 fully saturated rings. The molecule has 0 rings (SSSR count). The second-order valence-corrected chi connectivity index (χ2v) is 6.68. The highest BCUT2D eigenvalue weighted by Crippen LogP contribution is 2.14. The molecule has 0 heterocycles. The van der Waals surface area contributed by atoms with Crippen LogP contribution in [0.15, 0.2) is 12.7 Å². The molecule has 1 heteroatoms. The first-order valence-electron chi connectivity index (χ1n) is 10.1. The van der Waals surface area contributed by atoms with Gasteiger partial charge in [-0.15, -0.1) is 6.58 Å². The first-order valence-corrected chi connectivity index (χ1v) is 10.1. The molecule has 0 aliphatic carbocycles. The fraction of sp³-hybridized carbons (Fsp3) is 0.905. The van der Waals surface area contributed by atoms with Gasteiger partial charge in [0.2, 0.25) is 0 Å². The maximum absolute atomic E-state index is 5.81. The summed E-state index contributed by atoms with van der Waals surface area (Å²) < 4.78 is 5.81. The van der Waals surface area contributed by atoms with Crippen LogP contribution in [0.5, 0.6) is 0 Å². The first-order chi connectivity index (χ1) is 10.8. The Kier molecular flexibility index (Phi) is 18.5. The topological polar surface area (TPSA) is 9.23 Å². The molecular formula is C21H42O. The van der Waals surface area contributed by atoms with Crippen LogP contribution in [0, 0.1) is 0 Å². The van der Waals surface area contributed by atoms with Crippen molar-refractivity contribution in [3.8, 4) is 0 Å². The average molecular weight is 311 g/mol. The normalized spacial score (nSPS) is 12.5. The number of ether oxygens (including phenoxy) is 1. The van der Waals surface area contributed by atoms with E-state index in [0.29, 0.717) is 0 Å². The monoisotopic (exact) mass is 310 g/mol. The van der Waals surface area contributed by atoms with E-state index in [-0.39, 0.29) is 6.10 Å². The highest BCUT2D eigenvalue weighted by molar-refractivity contribution is 4.79. The molecule has 0 aliphatic heterocycles. The Hall–Kier alpha value is -0.300. The van der Waals surface area contributed by atoms with E-state index in [9.17, 15) is 0 Å². The van der Waals surface area contributed by atoms with E-state index in [1.165, 1.54) is 89.9 Å². The van der Waals surface area contributed by atoms with Crippen molar-refractivity contribution in [1.82, 2.24) is 0 Å². The lowest BCUT2D eigenvalue weighted by molar-refractivity contribution is 0.0756. The van der Waals surface area contributed by atoms with Crippen LogP contribution in [0.2, 0.25) is 0 Å². The Morgan fingerprint density at radius 1 is 0.682 bits per heavy atom. The van der Waals surface area contributed by atoms with Gasteiger partial charge in [-0.25, -0.2) is 0 Å². The van der Waals surface area contributed by atoms with Gasteiger partial charge in [0.1, 0.15) is 0 Å². The molecule has 0 bridgehead atoms. The van der Waals surface area contributed by atoms with Crippen LogP contribution in [-0.4, -0.2) is 12.7 Å². The number of unbranched alkanes of at least 4 members (excludes halogenated alkanes) is 12. The lowest BCUT2D eigenvalue weighted by Gasteiger charge is -2.13. The molecule has 1 unspecified atom stereocenters. The van der Waals surface area contributed by atoms with Crippen LogP contribution >= 0.6 is 0 Å². The van der Waals surface area contributed by atoms with Gasteiger partial charge >= 0.3 is 0 Å². The summed E-state index contributed by atoms with van der Waals surface area (Å²) >= 11 is 0. The van der Waals surface area contributed by atoms with E-state index < -0.39 is 0 Å². The maximum atomic E-state index is 5.81. The molecule has 132 valence electrons. The van der Waals surface area contributed by atoms with Crippen LogP contribution in [0.3, 0.4) is 0 Å². The second-order valence-electron chi connectivity index (χ2n) is 6.68. The quantitative estimate of drug-likeness (QED) is 0.189. The van der Waals surface area contributed by atoms with Gasteiger partial charge in [-0.05, 0) is 12.8 Å². The molecule has 0 N–H and O–H groups in total. The lowest BCUT2D eigenvalue weighted by atomic mass is 10.0. The molecule has 0 aliphatic rings. The summed E-state index contributed by atoms with van der Waals surface area (Å²) in [6.07, 6.45) is 22.7. The van der Waals surface area contributed by atoms with Gasteiger partial charge < -0.3 is 4.74 Å². The van der Waals surface area contributed by atoms with E-state index >= 15 is 0 Å². The molecule has 0 aromatic rings. The van der Waals surface area contributed by atoms with Crippen molar-refractivity contribution in [3.63, 3.8) is 0 Å². The Morgan fingerprint density at radius 2 is 1.14 bits per heavy atom. The molecular weight excluding hydrogens is 268 g/mol. The molecule has 0 amide bonds. The Labute approximate surface area is 140 Å². The molecule has 0 spiro atoms. The summed E-state index contributed by atoms with van der Waals surface area (Å²) in [5.74, 6) is 0. The van der Waals surface area contributed by atoms with Crippen molar-refractivity contribution in [2.75, 3.05) is 6.61 Å². The molecule has 0 saturated heterocycles. The Balaban J connectivity index is 3.19. The Morgan fingerprint density at radius 3 is 1.59 bits per heavy atom. The molecule has 1 nitrogen and oxygen atoms in total. The summed E-state index contributed by atoms with van der Waals surface area (Å²) in [4.78, 5) is 0. The van der Waals surface area contributed by atoms with Gasteiger partial charge in [-0.2, -0.15) is 0 Å². The van der Waals surface area contributed by atoms with E-state index in [0.717, 1.165) is 13.0 Å². The minimum absolute atomic E-state index is 0.287. The lowest BCUT2D eigenvalue weighted by Crippen LogP contribution is -2.10. The largest absolute Gasteiger partial charge is 0.374 e. The SMILES string of the molecule is C=CC(CCCCCCCCCCCCCC)OCCCC. The maximum Gasteiger partial charge on any atom is 0.0753 e. The summed E-state index contributed by atoms with van der Waals surface area (Å²) in [5.41, 5.74) is 0. The zero-order valence-corrected chi connectivity index (χ0v) is 15.6. The van der Waals surface area contributed by atoms with Crippen LogP contribution in [-0.2, 0) is 4.74 Å². The van der Waals surface area contributed by atoms with Gasteiger partial charge in [0.25, 0.3) is 0 Å². The Bertz CT molecular complexity index is 212. The van der Waals surface area contributed by atoms with E-state index in [2.05, 4.69) is 20.4 Å². The summed E-state index contributed by atoms with van der Waals surface area (Å²) in [6.45, 7) is 9.28. The van der Waals surface area contributed by atoms with Crippen LogP contribution in [0.4, 0.5) is 0 Å². The molecule has 0 radical (unpaired) electrons. The standard InChI is InChI=1S/C21H42O/c1-4-7-9-10-11-12-13-14-15-16-17-18-19-21(6-3)22-20-8-5-2/h6,21H,3-5,7-20H2,1-2H3. The van der Waals surface area contributed by atoms with E-state index in [4.69, 9.17) is 4.74 Å². The van der Waals surface area contributed by atoms with Crippen LogP contribution in [0.25, 0.3) is 0 Å². The van der Waals surface area contributed by atoms with Crippen molar-refractivity contribution in [1.29, 1.82) is 0 Å².